The molecule has 0 saturated heterocycles. The number of carboxylic acids is 1. The van der Waals surface area contributed by atoms with Crippen LogP contribution in [0.4, 0.5) is 5.69 Å². The molecular weight excluding hydrogens is 388 g/mol. The summed E-state index contributed by atoms with van der Waals surface area (Å²) in [5.74, 6) is -0.640. The number of imidazole rings is 1. The van der Waals surface area contributed by atoms with Crippen molar-refractivity contribution in [2.24, 2.45) is 0 Å². The summed E-state index contributed by atoms with van der Waals surface area (Å²) in [6.07, 6.45) is -0.252. The van der Waals surface area contributed by atoms with Gasteiger partial charge in [0.1, 0.15) is 0 Å². The number of aromatic nitrogens is 3. The first kappa shape index (κ1) is 18.9. The summed E-state index contributed by atoms with van der Waals surface area (Å²) in [4.78, 5) is 34.8. The molecule has 0 radical (unpaired) electrons. The predicted molar refractivity (Wildman–Crippen MR) is 113 cm³/mol. The van der Waals surface area contributed by atoms with E-state index in [2.05, 4.69) is 26.3 Å². The third-order valence-electron chi connectivity index (χ3n) is 4.32. The van der Waals surface area contributed by atoms with Gasteiger partial charge in [0.2, 0.25) is 5.91 Å². The molecule has 0 aliphatic heterocycles. The summed E-state index contributed by atoms with van der Waals surface area (Å²) in [5, 5.41) is 13.2. The molecule has 2 aromatic heterocycles. The largest absolute Gasteiger partial charge is 0.481 e. The molecule has 0 saturated carbocycles. The molecule has 0 bridgehead atoms. The van der Waals surface area contributed by atoms with E-state index in [0.29, 0.717) is 11.4 Å². The molecule has 4 aromatic rings. The lowest BCUT2D eigenvalue weighted by molar-refractivity contribution is -0.138. The second-order valence-electron chi connectivity index (χ2n) is 6.50. The number of aliphatic carboxylic acids is 1. The number of thioether (sulfide) groups is 1. The number of para-hydroxylation sites is 1. The van der Waals surface area contributed by atoms with Crippen LogP contribution < -0.4 is 5.32 Å². The number of carbonyl (C=O) groups is 2. The molecule has 29 heavy (non-hydrogen) atoms. The van der Waals surface area contributed by atoms with Gasteiger partial charge in [-0.05, 0) is 30.3 Å². The third-order valence-corrected chi connectivity index (χ3v) is 5.23. The van der Waals surface area contributed by atoms with Gasteiger partial charge in [0.15, 0.2) is 5.16 Å². The first-order valence-electron chi connectivity index (χ1n) is 9.06. The SMILES string of the molecule is O=C(O)CCC(=O)Nc1ccc2nc(SCc3ccc4ccccc4n3)[nH]c2c1. The van der Waals surface area contributed by atoms with Gasteiger partial charge in [-0.25, -0.2) is 4.98 Å². The summed E-state index contributed by atoms with van der Waals surface area (Å²) in [7, 11) is 0. The van der Waals surface area contributed by atoms with Gasteiger partial charge in [0, 0.05) is 23.2 Å². The number of anilines is 1. The number of nitrogens with zero attached hydrogens (tertiary/aromatic N) is 2. The Kier molecular flexibility index (Phi) is 5.44. The Morgan fingerprint density at radius 2 is 1.86 bits per heavy atom. The second kappa shape index (κ2) is 8.32. The molecular formula is C21H18N4O3S. The molecule has 4 rings (SSSR count). The van der Waals surface area contributed by atoms with E-state index in [1.807, 2.05) is 36.4 Å². The Morgan fingerprint density at radius 1 is 1.00 bits per heavy atom. The van der Waals surface area contributed by atoms with Crippen molar-refractivity contribution in [3.63, 3.8) is 0 Å². The van der Waals surface area contributed by atoms with Crippen LogP contribution in [0.1, 0.15) is 18.5 Å². The lowest BCUT2D eigenvalue weighted by atomic mass is 10.2. The van der Waals surface area contributed by atoms with Gasteiger partial charge in [-0.15, -0.1) is 0 Å². The van der Waals surface area contributed by atoms with Crippen molar-refractivity contribution in [1.82, 2.24) is 15.0 Å². The molecule has 8 heteroatoms. The van der Waals surface area contributed by atoms with Crippen molar-refractivity contribution in [2.75, 3.05) is 5.32 Å². The Balaban J connectivity index is 1.43. The van der Waals surface area contributed by atoms with Gasteiger partial charge >= 0.3 is 5.97 Å². The maximum Gasteiger partial charge on any atom is 0.303 e. The first-order valence-corrected chi connectivity index (χ1v) is 10.0. The molecule has 0 aliphatic rings. The maximum absolute atomic E-state index is 11.8. The van der Waals surface area contributed by atoms with Crippen LogP contribution in [0.15, 0.2) is 59.8 Å². The Labute approximate surface area is 170 Å². The zero-order valence-corrected chi connectivity index (χ0v) is 16.2. The molecule has 146 valence electrons. The van der Waals surface area contributed by atoms with Crippen LogP contribution in [-0.2, 0) is 15.3 Å². The Bertz CT molecular complexity index is 1200. The number of hydrogen-bond acceptors (Lipinski definition) is 5. The van der Waals surface area contributed by atoms with Crippen molar-refractivity contribution >= 4 is 51.3 Å². The number of aromatic amines is 1. The summed E-state index contributed by atoms with van der Waals surface area (Å²) in [5.41, 5.74) is 4.14. The third kappa shape index (κ3) is 4.72. The lowest BCUT2D eigenvalue weighted by Gasteiger charge is -2.03. The average Bonchev–Trinajstić information content (AvgIpc) is 3.13. The number of rotatable bonds is 7. The highest BCUT2D eigenvalue weighted by Crippen LogP contribution is 2.25. The molecule has 7 nitrogen and oxygen atoms in total. The zero-order chi connectivity index (χ0) is 20.2. The highest BCUT2D eigenvalue weighted by atomic mass is 32.2. The first-order chi connectivity index (χ1) is 14.1. The summed E-state index contributed by atoms with van der Waals surface area (Å²) >= 11 is 1.56. The number of benzene rings is 2. The van der Waals surface area contributed by atoms with Crippen molar-refractivity contribution in [1.29, 1.82) is 0 Å². The van der Waals surface area contributed by atoms with E-state index in [9.17, 15) is 9.59 Å². The topological polar surface area (TPSA) is 108 Å². The standard InChI is InChI=1S/C21H18N4O3S/c26-19(9-10-20(27)28)23-14-7-8-17-18(11-14)25-21(24-17)29-12-15-6-5-13-3-1-2-4-16(13)22-15/h1-8,11H,9-10,12H2,(H,23,26)(H,24,25)(H,27,28). The average molecular weight is 406 g/mol. The van der Waals surface area contributed by atoms with E-state index >= 15 is 0 Å². The molecule has 0 unspecified atom stereocenters. The van der Waals surface area contributed by atoms with Crippen molar-refractivity contribution < 1.29 is 14.7 Å². The molecule has 0 atom stereocenters. The molecule has 0 aliphatic carbocycles. The van der Waals surface area contributed by atoms with E-state index in [4.69, 9.17) is 5.11 Å². The van der Waals surface area contributed by atoms with Gasteiger partial charge in [-0.3, -0.25) is 14.6 Å². The van der Waals surface area contributed by atoms with E-state index in [-0.39, 0.29) is 18.7 Å². The predicted octanol–water partition coefficient (Wildman–Crippen LogP) is 4.21. The Morgan fingerprint density at radius 3 is 2.72 bits per heavy atom. The number of fused-ring (bicyclic) bond motifs is 2. The van der Waals surface area contributed by atoms with E-state index in [1.165, 1.54) is 0 Å². The number of hydrogen-bond donors (Lipinski definition) is 3. The number of H-pyrrole nitrogens is 1. The maximum atomic E-state index is 11.8. The van der Waals surface area contributed by atoms with Gasteiger partial charge in [0.05, 0.1) is 28.7 Å². The number of carboxylic acid groups (broad SMARTS) is 1. The summed E-state index contributed by atoms with van der Waals surface area (Å²) < 4.78 is 0. The molecule has 1 amide bonds. The number of amides is 1. The monoisotopic (exact) mass is 406 g/mol. The van der Waals surface area contributed by atoms with Crippen molar-refractivity contribution in [2.45, 2.75) is 23.8 Å². The van der Waals surface area contributed by atoms with Crippen LogP contribution in [-0.4, -0.2) is 31.9 Å². The number of carbonyl (C=O) groups excluding carboxylic acids is 1. The zero-order valence-electron chi connectivity index (χ0n) is 15.4. The Hall–Kier alpha value is -3.39. The van der Waals surface area contributed by atoms with Crippen LogP contribution in [0.2, 0.25) is 0 Å². The van der Waals surface area contributed by atoms with Gasteiger partial charge in [-0.1, -0.05) is 36.0 Å². The molecule has 2 heterocycles. The van der Waals surface area contributed by atoms with Crippen LogP contribution in [0.3, 0.4) is 0 Å². The van der Waals surface area contributed by atoms with Crippen LogP contribution in [0.5, 0.6) is 0 Å². The van der Waals surface area contributed by atoms with Crippen LogP contribution in [0.25, 0.3) is 21.9 Å². The minimum atomic E-state index is -0.994. The molecule has 2 aromatic carbocycles. The van der Waals surface area contributed by atoms with Gasteiger partial charge in [0.25, 0.3) is 0 Å². The highest BCUT2D eigenvalue weighted by molar-refractivity contribution is 7.98. The summed E-state index contributed by atoms with van der Waals surface area (Å²) in [6, 6.07) is 17.4. The normalized spacial score (nSPS) is 11.0. The highest BCUT2D eigenvalue weighted by Gasteiger charge is 2.09. The second-order valence-corrected chi connectivity index (χ2v) is 7.46. The number of pyridine rings is 1. The number of nitrogens with one attached hydrogen (secondary N) is 2. The van der Waals surface area contributed by atoms with Crippen LogP contribution in [0, 0.1) is 0 Å². The summed E-state index contributed by atoms with van der Waals surface area (Å²) in [6.45, 7) is 0. The van der Waals surface area contributed by atoms with E-state index in [1.54, 1.807) is 23.9 Å². The minimum absolute atomic E-state index is 0.0593. The molecule has 0 fully saturated rings. The van der Waals surface area contributed by atoms with E-state index in [0.717, 1.165) is 32.8 Å². The lowest BCUT2D eigenvalue weighted by Crippen LogP contribution is -2.13. The van der Waals surface area contributed by atoms with E-state index < -0.39 is 5.97 Å². The fraction of sp³-hybridized carbons (Fsp3) is 0.143. The minimum Gasteiger partial charge on any atom is -0.481 e. The van der Waals surface area contributed by atoms with Gasteiger partial charge < -0.3 is 15.4 Å². The fourth-order valence-electron chi connectivity index (χ4n) is 2.91. The van der Waals surface area contributed by atoms with Crippen LogP contribution >= 0.6 is 11.8 Å². The van der Waals surface area contributed by atoms with Crippen molar-refractivity contribution in [3.05, 3.63) is 60.3 Å². The smallest absolute Gasteiger partial charge is 0.303 e. The quantitative estimate of drug-likeness (QED) is 0.397. The van der Waals surface area contributed by atoms with Gasteiger partial charge in [-0.2, -0.15) is 0 Å². The molecule has 3 N–H and O–H groups in total. The fourth-order valence-corrected chi connectivity index (χ4v) is 3.70. The molecule has 0 spiro atoms. The van der Waals surface area contributed by atoms with Crippen molar-refractivity contribution in [3.8, 4) is 0 Å².